The quantitative estimate of drug-likeness (QED) is 0.863. The highest BCUT2D eigenvalue weighted by Gasteiger charge is 2.14. The molecule has 102 valence electrons. The summed E-state index contributed by atoms with van der Waals surface area (Å²) in [5.74, 6) is 0.566. The Morgan fingerprint density at radius 2 is 1.61 bits per heavy atom. The third-order valence-corrected chi connectivity index (χ3v) is 4.56. The van der Waals surface area contributed by atoms with Gasteiger partial charge in [-0.15, -0.1) is 0 Å². The minimum Gasteiger partial charge on any atom is -0.314 e. The third kappa shape index (κ3) is 4.42. The zero-order chi connectivity index (χ0) is 13.8. The Morgan fingerprint density at radius 3 is 2.06 bits per heavy atom. The summed E-state index contributed by atoms with van der Waals surface area (Å²) in [6.45, 7) is 8.69. The van der Waals surface area contributed by atoms with Crippen molar-refractivity contribution in [3.63, 3.8) is 0 Å². The van der Waals surface area contributed by atoms with Gasteiger partial charge in [0.2, 0.25) is 0 Å². The molecule has 18 heavy (non-hydrogen) atoms. The van der Waals surface area contributed by atoms with Crippen LogP contribution in [0.3, 0.4) is 0 Å². The van der Waals surface area contributed by atoms with Gasteiger partial charge in [-0.05, 0) is 23.6 Å². The Labute approximate surface area is 111 Å². The molecule has 1 N–H and O–H groups in total. The predicted octanol–water partition coefficient (Wildman–Crippen LogP) is 2.58. The van der Waals surface area contributed by atoms with Gasteiger partial charge in [-0.25, -0.2) is 8.42 Å². The Morgan fingerprint density at radius 1 is 1.06 bits per heavy atom. The average Bonchev–Trinajstić information content (AvgIpc) is 2.28. The van der Waals surface area contributed by atoms with Crippen LogP contribution in [0.2, 0.25) is 0 Å². The van der Waals surface area contributed by atoms with E-state index in [4.69, 9.17) is 0 Å². The second kappa shape index (κ2) is 6.34. The highest BCUT2D eigenvalue weighted by Crippen LogP contribution is 2.17. The van der Waals surface area contributed by atoms with Gasteiger partial charge in [0.25, 0.3) is 0 Å². The Hall–Kier alpha value is -0.870. The van der Waals surface area contributed by atoms with Gasteiger partial charge in [0.05, 0.1) is 10.6 Å². The molecule has 0 spiro atoms. The summed E-state index contributed by atoms with van der Waals surface area (Å²) < 4.78 is 24.1. The van der Waals surface area contributed by atoms with Crippen LogP contribution in [0.25, 0.3) is 0 Å². The van der Waals surface area contributed by atoms with E-state index < -0.39 is 9.84 Å². The fraction of sp³-hybridized carbons (Fsp3) is 0.571. The van der Waals surface area contributed by atoms with E-state index >= 15 is 0 Å². The van der Waals surface area contributed by atoms with E-state index in [-0.39, 0.29) is 5.75 Å². The zero-order valence-corrected chi connectivity index (χ0v) is 12.4. The Balaban J connectivity index is 2.73. The van der Waals surface area contributed by atoms with E-state index in [1.165, 1.54) is 0 Å². The van der Waals surface area contributed by atoms with E-state index in [0.29, 0.717) is 23.4 Å². The summed E-state index contributed by atoms with van der Waals surface area (Å²) in [4.78, 5) is 0.414. The molecule has 1 aromatic rings. The first kappa shape index (κ1) is 15.2. The molecule has 0 saturated heterocycles. The van der Waals surface area contributed by atoms with Crippen LogP contribution in [-0.2, 0) is 9.84 Å². The lowest BCUT2D eigenvalue weighted by Crippen LogP contribution is -2.28. The van der Waals surface area contributed by atoms with E-state index in [1.807, 2.05) is 26.0 Å². The molecule has 0 fully saturated rings. The van der Waals surface area contributed by atoms with Gasteiger partial charge in [-0.3, -0.25) is 0 Å². The smallest absolute Gasteiger partial charge is 0.179 e. The van der Waals surface area contributed by atoms with Crippen LogP contribution in [-0.4, -0.2) is 26.8 Å². The summed E-state index contributed by atoms with van der Waals surface area (Å²) in [5, 5.41) is 3.12. The molecular formula is C14H23NO2S. The van der Waals surface area contributed by atoms with Crippen molar-refractivity contribution < 1.29 is 8.42 Å². The molecule has 3 nitrogen and oxygen atoms in total. The van der Waals surface area contributed by atoms with Crippen molar-refractivity contribution in [2.45, 2.75) is 44.6 Å². The molecule has 0 aliphatic heterocycles. The summed E-state index contributed by atoms with van der Waals surface area (Å²) in [6.07, 6.45) is 0. The molecule has 0 saturated carbocycles. The second-order valence-corrected chi connectivity index (χ2v) is 7.26. The molecule has 0 aliphatic rings. The molecule has 0 amide bonds. The van der Waals surface area contributed by atoms with Crippen LogP contribution in [0.4, 0.5) is 0 Å². The van der Waals surface area contributed by atoms with Crippen molar-refractivity contribution in [1.29, 1.82) is 0 Å². The number of benzene rings is 1. The maximum atomic E-state index is 12.1. The van der Waals surface area contributed by atoms with E-state index in [2.05, 4.69) is 19.2 Å². The second-order valence-electron chi connectivity index (χ2n) is 5.15. The average molecular weight is 269 g/mol. The minimum atomic E-state index is -3.16. The molecule has 0 aromatic heterocycles. The first-order valence-corrected chi connectivity index (χ1v) is 8.04. The molecule has 0 atom stereocenters. The van der Waals surface area contributed by atoms with Gasteiger partial charge in [0.15, 0.2) is 9.84 Å². The van der Waals surface area contributed by atoms with E-state index in [9.17, 15) is 8.42 Å². The standard InChI is InChI=1S/C14H23NO2S/c1-11(2)13-5-7-14(8-6-13)18(16,17)10-9-15-12(3)4/h5-8,11-12,15H,9-10H2,1-4H3. The highest BCUT2D eigenvalue weighted by atomic mass is 32.2. The molecule has 4 heteroatoms. The summed E-state index contributed by atoms with van der Waals surface area (Å²) >= 11 is 0. The van der Waals surface area contributed by atoms with Crippen LogP contribution in [0, 0.1) is 0 Å². The first-order chi connectivity index (χ1) is 8.33. The number of hydrogen-bond donors (Lipinski definition) is 1. The maximum absolute atomic E-state index is 12.1. The van der Waals surface area contributed by atoms with Crippen molar-refractivity contribution in [1.82, 2.24) is 5.32 Å². The highest BCUT2D eigenvalue weighted by molar-refractivity contribution is 7.91. The lowest BCUT2D eigenvalue weighted by Gasteiger charge is -2.10. The minimum absolute atomic E-state index is 0.145. The van der Waals surface area contributed by atoms with Crippen molar-refractivity contribution >= 4 is 9.84 Å². The lowest BCUT2D eigenvalue weighted by atomic mass is 10.0. The van der Waals surface area contributed by atoms with Gasteiger partial charge in [0, 0.05) is 12.6 Å². The van der Waals surface area contributed by atoms with Gasteiger partial charge in [0.1, 0.15) is 0 Å². The molecule has 0 aliphatic carbocycles. The first-order valence-electron chi connectivity index (χ1n) is 6.39. The molecule has 0 radical (unpaired) electrons. The van der Waals surface area contributed by atoms with E-state index in [0.717, 1.165) is 5.56 Å². The largest absolute Gasteiger partial charge is 0.314 e. The number of rotatable bonds is 6. The molecule has 0 unspecified atom stereocenters. The van der Waals surface area contributed by atoms with Crippen LogP contribution >= 0.6 is 0 Å². The number of sulfone groups is 1. The fourth-order valence-corrected chi connectivity index (χ4v) is 2.83. The van der Waals surface area contributed by atoms with Crippen LogP contribution < -0.4 is 5.32 Å². The number of hydrogen-bond acceptors (Lipinski definition) is 3. The Bertz CT molecular complexity index is 461. The lowest BCUT2D eigenvalue weighted by molar-refractivity contribution is 0.578. The van der Waals surface area contributed by atoms with E-state index in [1.54, 1.807) is 12.1 Å². The van der Waals surface area contributed by atoms with Gasteiger partial charge >= 0.3 is 0 Å². The molecule has 1 aromatic carbocycles. The molecular weight excluding hydrogens is 246 g/mol. The molecule has 0 bridgehead atoms. The summed E-state index contributed by atoms with van der Waals surface area (Å²) in [6, 6.07) is 7.52. The van der Waals surface area contributed by atoms with Crippen LogP contribution in [0.15, 0.2) is 29.2 Å². The summed E-state index contributed by atoms with van der Waals surface area (Å²) in [5.41, 5.74) is 1.16. The fourth-order valence-electron chi connectivity index (χ4n) is 1.66. The zero-order valence-electron chi connectivity index (χ0n) is 11.6. The monoisotopic (exact) mass is 269 g/mol. The van der Waals surface area contributed by atoms with Crippen LogP contribution in [0.1, 0.15) is 39.2 Å². The normalized spacial score (nSPS) is 12.3. The summed E-state index contributed by atoms with van der Waals surface area (Å²) in [7, 11) is -3.16. The maximum Gasteiger partial charge on any atom is 0.179 e. The van der Waals surface area contributed by atoms with Gasteiger partial charge in [-0.2, -0.15) is 0 Å². The topological polar surface area (TPSA) is 46.2 Å². The van der Waals surface area contributed by atoms with Crippen molar-refractivity contribution in [2.75, 3.05) is 12.3 Å². The van der Waals surface area contributed by atoms with Gasteiger partial charge in [-0.1, -0.05) is 39.8 Å². The molecule has 1 rings (SSSR count). The van der Waals surface area contributed by atoms with Crippen molar-refractivity contribution in [3.05, 3.63) is 29.8 Å². The predicted molar refractivity (Wildman–Crippen MR) is 75.7 cm³/mol. The number of nitrogens with one attached hydrogen (secondary N) is 1. The van der Waals surface area contributed by atoms with Gasteiger partial charge < -0.3 is 5.32 Å². The van der Waals surface area contributed by atoms with Crippen molar-refractivity contribution in [3.8, 4) is 0 Å². The Kier molecular flexibility index (Phi) is 5.35. The van der Waals surface area contributed by atoms with Crippen molar-refractivity contribution in [2.24, 2.45) is 0 Å². The third-order valence-electron chi connectivity index (χ3n) is 2.83. The molecule has 0 heterocycles. The SMILES string of the molecule is CC(C)NCCS(=O)(=O)c1ccc(C(C)C)cc1. The van der Waals surface area contributed by atoms with Crippen LogP contribution in [0.5, 0.6) is 0 Å².